The predicted molar refractivity (Wildman–Crippen MR) is 74.9 cm³/mol. The zero-order chi connectivity index (χ0) is 13.7. The van der Waals surface area contributed by atoms with Crippen LogP contribution in [-0.2, 0) is 13.0 Å². The molecule has 100 valence electrons. The first-order valence-corrected chi connectivity index (χ1v) is 6.43. The van der Waals surface area contributed by atoms with Gasteiger partial charge in [0.1, 0.15) is 18.2 Å². The van der Waals surface area contributed by atoms with Crippen LogP contribution in [-0.4, -0.2) is 6.54 Å². The van der Waals surface area contributed by atoms with Crippen molar-refractivity contribution in [1.82, 2.24) is 0 Å². The Kier molecular flexibility index (Phi) is 4.77. The molecule has 2 rings (SSSR count). The van der Waals surface area contributed by atoms with E-state index < -0.39 is 0 Å². The summed E-state index contributed by atoms with van der Waals surface area (Å²) in [5, 5.41) is 0.373. The summed E-state index contributed by atoms with van der Waals surface area (Å²) < 4.78 is 19.1. The third-order valence-corrected chi connectivity index (χ3v) is 3.13. The minimum atomic E-state index is -0.356. The number of hydrogen-bond donors (Lipinski definition) is 1. The van der Waals surface area contributed by atoms with E-state index in [1.54, 1.807) is 12.1 Å². The van der Waals surface area contributed by atoms with Gasteiger partial charge in [0.25, 0.3) is 0 Å². The molecule has 0 aliphatic rings. The van der Waals surface area contributed by atoms with Crippen molar-refractivity contribution in [3.63, 3.8) is 0 Å². The van der Waals surface area contributed by atoms with Gasteiger partial charge in [-0.15, -0.1) is 0 Å². The topological polar surface area (TPSA) is 35.2 Å². The lowest BCUT2D eigenvalue weighted by molar-refractivity contribution is 0.299. The fraction of sp³-hybridized carbons (Fsp3) is 0.200. The zero-order valence-electron chi connectivity index (χ0n) is 10.4. The van der Waals surface area contributed by atoms with Crippen LogP contribution in [0.3, 0.4) is 0 Å². The lowest BCUT2D eigenvalue weighted by Gasteiger charge is -2.09. The quantitative estimate of drug-likeness (QED) is 0.908. The number of rotatable bonds is 5. The molecule has 4 heteroatoms. The third kappa shape index (κ3) is 3.69. The first-order valence-electron chi connectivity index (χ1n) is 6.05. The number of benzene rings is 2. The van der Waals surface area contributed by atoms with Crippen molar-refractivity contribution in [3.8, 4) is 5.75 Å². The molecule has 0 aliphatic heterocycles. The van der Waals surface area contributed by atoms with Gasteiger partial charge in [0, 0.05) is 5.56 Å². The van der Waals surface area contributed by atoms with Crippen molar-refractivity contribution >= 4 is 11.6 Å². The average molecular weight is 280 g/mol. The fourth-order valence-electron chi connectivity index (χ4n) is 1.78. The van der Waals surface area contributed by atoms with Crippen LogP contribution in [0.4, 0.5) is 4.39 Å². The van der Waals surface area contributed by atoms with Crippen molar-refractivity contribution in [2.75, 3.05) is 6.54 Å². The first-order chi connectivity index (χ1) is 9.20. The van der Waals surface area contributed by atoms with E-state index in [0.717, 1.165) is 12.0 Å². The van der Waals surface area contributed by atoms with Crippen LogP contribution in [0.15, 0.2) is 42.5 Å². The van der Waals surface area contributed by atoms with Crippen molar-refractivity contribution in [3.05, 3.63) is 64.4 Å². The van der Waals surface area contributed by atoms with Crippen molar-refractivity contribution in [1.29, 1.82) is 0 Å². The third-order valence-electron chi connectivity index (χ3n) is 2.78. The lowest BCUT2D eigenvalue weighted by atomic mass is 10.1. The van der Waals surface area contributed by atoms with E-state index in [1.807, 2.05) is 24.3 Å². The second-order valence-corrected chi connectivity index (χ2v) is 4.58. The van der Waals surface area contributed by atoms with Gasteiger partial charge in [0.15, 0.2) is 0 Å². The van der Waals surface area contributed by atoms with E-state index in [0.29, 0.717) is 22.9 Å². The highest BCUT2D eigenvalue weighted by Crippen LogP contribution is 2.22. The number of hydrogen-bond acceptors (Lipinski definition) is 2. The molecule has 2 aromatic carbocycles. The Balaban J connectivity index is 2.08. The molecule has 2 aromatic rings. The predicted octanol–water partition coefficient (Wildman–Crippen LogP) is 3.56. The first kappa shape index (κ1) is 13.8. The van der Waals surface area contributed by atoms with Gasteiger partial charge in [-0.05, 0) is 42.8 Å². The Bertz CT molecular complexity index is 539. The summed E-state index contributed by atoms with van der Waals surface area (Å²) in [4.78, 5) is 0. The van der Waals surface area contributed by atoms with E-state index in [-0.39, 0.29) is 12.4 Å². The molecule has 0 saturated carbocycles. The molecule has 0 aliphatic carbocycles. The second-order valence-electron chi connectivity index (χ2n) is 4.17. The van der Waals surface area contributed by atoms with Crippen LogP contribution in [0.25, 0.3) is 0 Å². The Morgan fingerprint density at radius 2 is 1.95 bits per heavy atom. The molecule has 0 bridgehead atoms. The smallest absolute Gasteiger partial charge is 0.131 e. The van der Waals surface area contributed by atoms with Gasteiger partial charge in [0.2, 0.25) is 0 Å². The monoisotopic (exact) mass is 279 g/mol. The van der Waals surface area contributed by atoms with Crippen molar-refractivity contribution in [2.24, 2.45) is 5.73 Å². The summed E-state index contributed by atoms with van der Waals surface area (Å²) in [5.41, 5.74) is 6.97. The maximum absolute atomic E-state index is 13.6. The van der Waals surface area contributed by atoms with E-state index in [9.17, 15) is 4.39 Å². The Morgan fingerprint density at radius 3 is 2.68 bits per heavy atom. The lowest BCUT2D eigenvalue weighted by Crippen LogP contribution is -2.03. The van der Waals surface area contributed by atoms with Crippen molar-refractivity contribution < 1.29 is 9.13 Å². The highest BCUT2D eigenvalue weighted by molar-refractivity contribution is 6.31. The second kappa shape index (κ2) is 6.55. The summed E-state index contributed by atoms with van der Waals surface area (Å²) in [5.74, 6) is 0.330. The number of ether oxygens (including phenoxy) is 1. The van der Waals surface area contributed by atoms with Crippen LogP contribution in [0, 0.1) is 5.82 Å². The summed E-state index contributed by atoms with van der Waals surface area (Å²) in [6.07, 6.45) is 0.789. The number of nitrogens with two attached hydrogens (primary N) is 1. The molecular formula is C15H15ClFNO. The summed E-state index contributed by atoms with van der Waals surface area (Å²) in [6.45, 7) is 0.695. The van der Waals surface area contributed by atoms with Crippen LogP contribution in [0.2, 0.25) is 5.02 Å². The molecule has 0 spiro atoms. The molecule has 0 unspecified atom stereocenters. The van der Waals surface area contributed by atoms with E-state index in [1.165, 1.54) is 6.07 Å². The maximum atomic E-state index is 13.6. The standard InChI is InChI=1S/C15H15ClFNO/c16-14-5-2-6-15(17)13(14)10-19-12-4-1-3-11(9-12)7-8-18/h1-6,9H,7-8,10,18H2. The maximum Gasteiger partial charge on any atom is 0.131 e. The fourth-order valence-corrected chi connectivity index (χ4v) is 2.00. The van der Waals surface area contributed by atoms with E-state index >= 15 is 0 Å². The van der Waals surface area contributed by atoms with Gasteiger partial charge in [-0.2, -0.15) is 0 Å². The van der Waals surface area contributed by atoms with Gasteiger partial charge in [-0.25, -0.2) is 4.39 Å². The Morgan fingerprint density at radius 1 is 1.16 bits per heavy atom. The average Bonchev–Trinajstić information content (AvgIpc) is 2.39. The van der Waals surface area contributed by atoms with Crippen LogP contribution < -0.4 is 10.5 Å². The van der Waals surface area contributed by atoms with E-state index in [2.05, 4.69) is 0 Å². The molecule has 0 radical (unpaired) electrons. The minimum Gasteiger partial charge on any atom is -0.489 e. The van der Waals surface area contributed by atoms with Gasteiger partial charge in [-0.1, -0.05) is 29.8 Å². The van der Waals surface area contributed by atoms with Crippen LogP contribution in [0.5, 0.6) is 5.75 Å². The summed E-state index contributed by atoms with van der Waals surface area (Å²) in [6, 6.07) is 12.2. The molecule has 0 aromatic heterocycles. The van der Waals surface area contributed by atoms with Crippen molar-refractivity contribution in [2.45, 2.75) is 13.0 Å². The van der Waals surface area contributed by atoms with Gasteiger partial charge < -0.3 is 10.5 Å². The molecule has 0 atom stereocenters. The summed E-state index contributed by atoms with van der Waals surface area (Å²) >= 11 is 5.94. The molecule has 0 heterocycles. The summed E-state index contributed by atoms with van der Waals surface area (Å²) in [7, 11) is 0. The van der Waals surface area contributed by atoms with E-state index in [4.69, 9.17) is 22.1 Å². The molecule has 2 N–H and O–H groups in total. The Labute approximate surface area is 117 Å². The normalized spacial score (nSPS) is 10.5. The zero-order valence-corrected chi connectivity index (χ0v) is 11.2. The minimum absolute atomic E-state index is 0.109. The van der Waals surface area contributed by atoms with Crippen LogP contribution in [0.1, 0.15) is 11.1 Å². The largest absolute Gasteiger partial charge is 0.489 e. The highest BCUT2D eigenvalue weighted by Gasteiger charge is 2.07. The molecule has 0 fully saturated rings. The van der Waals surface area contributed by atoms with Gasteiger partial charge in [-0.3, -0.25) is 0 Å². The molecular weight excluding hydrogens is 265 g/mol. The number of halogens is 2. The highest BCUT2D eigenvalue weighted by atomic mass is 35.5. The molecule has 0 saturated heterocycles. The Hall–Kier alpha value is -1.58. The SMILES string of the molecule is NCCc1cccc(OCc2c(F)cccc2Cl)c1. The van der Waals surface area contributed by atoms with Gasteiger partial charge in [0.05, 0.1) is 5.02 Å². The van der Waals surface area contributed by atoms with Crippen LogP contribution >= 0.6 is 11.6 Å². The molecule has 0 amide bonds. The molecule has 2 nitrogen and oxygen atoms in total. The van der Waals surface area contributed by atoms with Gasteiger partial charge >= 0.3 is 0 Å². The molecule has 19 heavy (non-hydrogen) atoms.